The first-order valence-corrected chi connectivity index (χ1v) is 11.3. The molecule has 0 spiro atoms. The van der Waals surface area contributed by atoms with Crippen LogP contribution >= 0.6 is 11.8 Å². The number of carbonyl (C=O) groups is 1. The van der Waals surface area contributed by atoms with Gasteiger partial charge in [0.05, 0.1) is 29.7 Å². The van der Waals surface area contributed by atoms with Crippen LogP contribution in [0.15, 0.2) is 42.9 Å². The lowest BCUT2D eigenvalue weighted by molar-refractivity contribution is 0.0735. The van der Waals surface area contributed by atoms with Crippen LogP contribution in [0.5, 0.6) is 0 Å². The zero-order chi connectivity index (χ0) is 20.5. The highest BCUT2D eigenvalue weighted by molar-refractivity contribution is 7.97. The molecule has 0 aromatic carbocycles. The van der Waals surface area contributed by atoms with Crippen LogP contribution in [0.3, 0.4) is 0 Å². The van der Waals surface area contributed by atoms with E-state index in [0.29, 0.717) is 37.9 Å². The van der Waals surface area contributed by atoms with E-state index in [4.69, 9.17) is 9.84 Å². The van der Waals surface area contributed by atoms with Crippen LogP contribution in [0.2, 0.25) is 0 Å². The Labute approximate surface area is 177 Å². The van der Waals surface area contributed by atoms with Crippen molar-refractivity contribution in [3.63, 3.8) is 0 Å². The van der Waals surface area contributed by atoms with Crippen LogP contribution in [-0.2, 0) is 10.6 Å². The Bertz CT molecular complexity index is 1210. The highest BCUT2D eigenvalue weighted by atomic mass is 32.2. The van der Waals surface area contributed by atoms with Crippen LogP contribution in [-0.4, -0.2) is 67.7 Å². The van der Waals surface area contributed by atoms with Gasteiger partial charge in [-0.15, -0.1) is 11.8 Å². The van der Waals surface area contributed by atoms with Crippen molar-refractivity contribution in [1.82, 2.24) is 29.3 Å². The van der Waals surface area contributed by atoms with E-state index < -0.39 is 0 Å². The van der Waals surface area contributed by atoms with Crippen molar-refractivity contribution < 1.29 is 9.53 Å². The second-order valence-corrected chi connectivity index (χ2v) is 8.03. The zero-order valence-electron chi connectivity index (χ0n) is 16.7. The van der Waals surface area contributed by atoms with Crippen LogP contribution in [0, 0.1) is 0 Å². The number of ether oxygens (including phenoxy) is 1. The molecule has 1 aliphatic rings. The van der Waals surface area contributed by atoms with Crippen molar-refractivity contribution in [3.05, 3.63) is 48.5 Å². The molecule has 0 N–H and O–H groups in total. The van der Waals surface area contributed by atoms with Gasteiger partial charge in [0.15, 0.2) is 0 Å². The molecule has 0 bridgehead atoms. The standard InChI is InChI=1S/C21H22N6O2S/c1-30-14-27-19-11-17(21(28)25-6-4-9-29-10-8-25)22-12-15(19)20(24-27)16-13-23-26-7-3-2-5-18(16)26/h2-3,5,7,11-13H,4,6,8-10,14H2,1H3. The molecular formula is C21H22N6O2S. The van der Waals surface area contributed by atoms with Crippen molar-refractivity contribution in [3.8, 4) is 11.3 Å². The maximum absolute atomic E-state index is 13.0. The fourth-order valence-electron chi connectivity index (χ4n) is 3.83. The van der Waals surface area contributed by atoms with Crippen molar-refractivity contribution in [1.29, 1.82) is 0 Å². The monoisotopic (exact) mass is 422 g/mol. The molecule has 0 radical (unpaired) electrons. The van der Waals surface area contributed by atoms with Gasteiger partial charge in [-0.3, -0.25) is 14.5 Å². The first kappa shape index (κ1) is 19.1. The normalized spacial score (nSPS) is 15.0. The van der Waals surface area contributed by atoms with Gasteiger partial charge in [0, 0.05) is 43.0 Å². The first-order valence-electron chi connectivity index (χ1n) is 9.91. The summed E-state index contributed by atoms with van der Waals surface area (Å²) >= 11 is 1.68. The number of rotatable bonds is 4. The van der Waals surface area contributed by atoms with Gasteiger partial charge < -0.3 is 9.64 Å². The van der Waals surface area contributed by atoms with Crippen LogP contribution < -0.4 is 0 Å². The first-order chi connectivity index (χ1) is 14.8. The summed E-state index contributed by atoms with van der Waals surface area (Å²) < 4.78 is 9.24. The average molecular weight is 423 g/mol. The largest absolute Gasteiger partial charge is 0.380 e. The third-order valence-corrected chi connectivity index (χ3v) is 5.80. The molecule has 30 heavy (non-hydrogen) atoms. The van der Waals surface area contributed by atoms with Gasteiger partial charge in [0.1, 0.15) is 11.4 Å². The Kier molecular flexibility index (Phi) is 5.14. The number of aromatic nitrogens is 5. The fourth-order valence-corrected chi connectivity index (χ4v) is 4.28. The number of hydrogen-bond acceptors (Lipinski definition) is 6. The minimum atomic E-state index is -0.0585. The van der Waals surface area contributed by atoms with Crippen LogP contribution in [0.25, 0.3) is 27.7 Å². The molecule has 8 nitrogen and oxygen atoms in total. The van der Waals surface area contributed by atoms with Gasteiger partial charge in [0.2, 0.25) is 0 Å². The molecule has 0 atom stereocenters. The summed E-state index contributed by atoms with van der Waals surface area (Å²) in [5, 5.41) is 10.2. The fraction of sp³-hybridized carbons (Fsp3) is 0.333. The molecule has 0 aliphatic carbocycles. The minimum absolute atomic E-state index is 0.0585. The smallest absolute Gasteiger partial charge is 0.272 e. The molecule has 5 rings (SSSR count). The maximum Gasteiger partial charge on any atom is 0.272 e. The quantitative estimate of drug-likeness (QED) is 0.503. The molecule has 1 saturated heterocycles. The van der Waals surface area contributed by atoms with E-state index in [2.05, 4.69) is 10.1 Å². The van der Waals surface area contributed by atoms with Gasteiger partial charge in [-0.05, 0) is 30.9 Å². The Morgan fingerprint density at radius 1 is 1.20 bits per heavy atom. The Hall–Kier alpha value is -2.91. The molecule has 4 aromatic heterocycles. The summed E-state index contributed by atoms with van der Waals surface area (Å²) in [6.45, 7) is 2.55. The summed E-state index contributed by atoms with van der Waals surface area (Å²) in [5.74, 6) is 0.627. The lowest BCUT2D eigenvalue weighted by atomic mass is 10.1. The molecule has 0 saturated carbocycles. The SMILES string of the molecule is CSCn1nc(-c2cnn3ccccc23)c2cnc(C(=O)N3CCCOCC3)cc21. The van der Waals surface area contributed by atoms with E-state index in [1.165, 1.54) is 0 Å². The summed E-state index contributed by atoms with van der Waals surface area (Å²) in [5.41, 5.74) is 4.11. The van der Waals surface area contributed by atoms with Gasteiger partial charge in [-0.2, -0.15) is 10.2 Å². The number of nitrogens with zero attached hydrogens (tertiary/aromatic N) is 6. The summed E-state index contributed by atoms with van der Waals surface area (Å²) in [4.78, 5) is 19.4. The number of hydrogen-bond donors (Lipinski definition) is 0. The average Bonchev–Trinajstić information content (AvgIpc) is 3.23. The minimum Gasteiger partial charge on any atom is -0.380 e. The highest BCUT2D eigenvalue weighted by Gasteiger charge is 2.22. The molecule has 0 unspecified atom stereocenters. The van der Waals surface area contributed by atoms with Crippen LogP contribution in [0.4, 0.5) is 0 Å². The Morgan fingerprint density at radius 2 is 2.13 bits per heavy atom. The van der Waals surface area contributed by atoms with E-state index >= 15 is 0 Å². The molecule has 1 fully saturated rings. The highest BCUT2D eigenvalue weighted by Crippen LogP contribution is 2.31. The zero-order valence-corrected chi connectivity index (χ0v) is 17.5. The summed E-state index contributed by atoms with van der Waals surface area (Å²) in [6.07, 6.45) is 8.39. The number of thioether (sulfide) groups is 1. The van der Waals surface area contributed by atoms with E-state index in [1.54, 1.807) is 18.0 Å². The van der Waals surface area contributed by atoms with E-state index in [-0.39, 0.29) is 5.91 Å². The predicted molar refractivity (Wildman–Crippen MR) is 117 cm³/mol. The third kappa shape index (κ3) is 3.33. The van der Waals surface area contributed by atoms with E-state index in [0.717, 1.165) is 34.1 Å². The van der Waals surface area contributed by atoms with Crippen molar-refractivity contribution in [2.24, 2.45) is 0 Å². The second kappa shape index (κ2) is 8.08. The van der Waals surface area contributed by atoms with Gasteiger partial charge in [-0.25, -0.2) is 4.52 Å². The topological polar surface area (TPSA) is 77.6 Å². The number of amides is 1. The Morgan fingerprint density at radius 3 is 3.03 bits per heavy atom. The third-order valence-electron chi connectivity index (χ3n) is 5.30. The van der Waals surface area contributed by atoms with Gasteiger partial charge >= 0.3 is 0 Å². The molecule has 1 amide bonds. The van der Waals surface area contributed by atoms with Crippen molar-refractivity contribution in [2.75, 3.05) is 32.6 Å². The molecular weight excluding hydrogens is 400 g/mol. The van der Waals surface area contributed by atoms with Crippen molar-refractivity contribution >= 4 is 34.1 Å². The van der Waals surface area contributed by atoms with Crippen LogP contribution in [0.1, 0.15) is 16.9 Å². The molecule has 154 valence electrons. The van der Waals surface area contributed by atoms with Crippen molar-refractivity contribution in [2.45, 2.75) is 12.3 Å². The van der Waals surface area contributed by atoms with Gasteiger partial charge in [0.25, 0.3) is 5.91 Å². The maximum atomic E-state index is 13.0. The number of pyridine rings is 2. The predicted octanol–water partition coefficient (Wildman–Crippen LogP) is 2.93. The number of fused-ring (bicyclic) bond motifs is 2. The summed E-state index contributed by atoms with van der Waals surface area (Å²) in [7, 11) is 0. The Balaban J connectivity index is 1.60. The second-order valence-electron chi connectivity index (χ2n) is 7.20. The van der Waals surface area contributed by atoms with E-state index in [9.17, 15) is 4.79 Å². The number of carbonyl (C=O) groups excluding carboxylic acids is 1. The van der Waals surface area contributed by atoms with E-state index in [1.807, 2.05) is 57.0 Å². The molecule has 5 heterocycles. The lowest BCUT2D eigenvalue weighted by Gasteiger charge is -2.19. The molecule has 9 heteroatoms. The van der Waals surface area contributed by atoms with Gasteiger partial charge in [-0.1, -0.05) is 6.07 Å². The summed E-state index contributed by atoms with van der Waals surface area (Å²) in [6, 6.07) is 7.82. The lowest BCUT2D eigenvalue weighted by Crippen LogP contribution is -2.33. The molecule has 1 aliphatic heterocycles. The molecule has 4 aromatic rings.